The molecule has 0 saturated heterocycles. The van der Waals surface area contributed by atoms with Crippen LogP contribution in [0.3, 0.4) is 0 Å². The fraction of sp³-hybridized carbons (Fsp3) is 0.467. The molecule has 1 aromatic carbocycles. The van der Waals surface area contributed by atoms with Gasteiger partial charge in [-0.2, -0.15) is 0 Å². The van der Waals surface area contributed by atoms with Gasteiger partial charge in [-0.1, -0.05) is 6.07 Å². The lowest BCUT2D eigenvalue weighted by Crippen LogP contribution is -2.45. The van der Waals surface area contributed by atoms with Crippen LogP contribution < -0.4 is 4.90 Å². The van der Waals surface area contributed by atoms with Crippen LogP contribution in [0, 0.1) is 13.8 Å². The molecule has 0 spiro atoms. The minimum atomic E-state index is -0.705. The number of benzene rings is 1. The van der Waals surface area contributed by atoms with Crippen molar-refractivity contribution in [3.05, 3.63) is 29.3 Å². The van der Waals surface area contributed by atoms with E-state index in [0.29, 0.717) is 5.69 Å². The second-order valence-corrected chi connectivity index (χ2v) is 4.74. The van der Waals surface area contributed by atoms with Gasteiger partial charge < -0.3 is 9.47 Å². The van der Waals surface area contributed by atoms with Crippen molar-refractivity contribution in [1.29, 1.82) is 0 Å². The van der Waals surface area contributed by atoms with Gasteiger partial charge in [-0.15, -0.1) is 0 Å². The molecule has 0 aliphatic carbocycles. The number of amides is 1. The number of ether oxygens (including phenoxy) is 2. The molecule has 1 aromatic rings. The van der Waals surface area contributed by atoms with Crippen molar-refractivity contribution in [3.8, 4) is 0 Å². The first-order chi connectivity index (χ1) is 9.40. The van der Waals surface area contributed by atoms with E-state index in [-0.39, 0.29) is 12.5 Å². The minimum Gasteiger partial charge on any atom is -0.467 e. The van der Waals surface area contributed by atoms with Crippen molar-refractivity contribution >= 4 is 17.6 Å². The summed E-state index contributed by atoms with van der Waals surface area (Å²) in [5.74, 6) is -0.746. The first-order valence-corrected chi connectivity index (χ1v) is 6.37. The molecule has 20 heavy (non-hydrogen) atoms. The van der Waals surface area contributed by atoms with E-state index in [1.807, 2.05) is 32.0 Å². The lowest BCUT2D eigenvalue weighted by Gasteiger charge is -2.28. The Morgan fingerprint density at radius 2 is 1.70 bits per heavy atom. The van der Waals surface area contributed by atoms with E-state index >= 15 is 0 Å². The Morgan fingerprint density at radius 1 is 1.15 bits per heavy atom. The van der Waals surface area contributed by atoms with Crippen LogP contribution in [0.1, 0.15) is 18.1 Å². The number of nitrogens with zero attached hydrogens (tertiary/aromatic N) is 1. The summed E-state index contributed by atoms with van der Waals surface area (Å²) in [4.78, 5) is 25.4. The van der Waals surface area contributed by atoms with Crippen LogP contribution in [0.15, 0.2) is 18.2 Å². The molecule has 110 valence electrons. The van der Waals surface area contributed by atoms with E-state index in [1.54, 1.807) is 6.92 Å². The molecule has 1 amide bonds. The van der Waals surface area contributed by atoms with E-state index in [9.17, 15) is 9.59 Å². The highest BCUT2D eigenvalue weighted by molar-refractivity contribution is 6.00. The SMILES string of the molecule is COCC(=O)N(c1cc(C)cc(C)c1)C(C)C(=O)OC. The summed E-state index contributed by atoms with van der Waals surface area (Å²) in [6.07, 6.45) is 0. The van der Waals surface area contributed by atoms with Crippen LogP contribution in [0.25, 0.3) is 0 Å². The molecule has 0 heterocycles. The van der Waals surface area contributed by atoms with Gasteiger partial charge in [0.15, 0.2) is 0 Å². The fourth-order valence-corrected chi connectivity index (χ4v) is 2.14. The Balaban J connectivity index is 3.22. The number of anilines is 1. The Kier molecular flexibility index (Phi) is 5.70. The average Bonchev–Trinajstić information content (AvgIpc) is 2.37. The second kappa shape index (κ2) is 7.05. The molecule has 5 nitrogen and oxygen atoms in total. The fourth-order valence-electron chi connectivity index (χ4n) is 2.14. The summed E-state index contributed by atoms with van der Waals surface area (Å²) < 4.78 is 9.62. The Labute approximate surface area is 119 Å². The zero-order valence-electron chi connectivity index (χ0n) is 12.6. The number of esters is 1. The van der Waals surface area contributed by atoms with Crippen molar-refractivity contribution in [3.63, 3.8) is 0 Å². The molecule has 0 aliphatic rings. The standard InChI is InChI=1S/C15H21NO4/c1-10-6-11(2)8-13(7-10)16(14(17)9-19-4)12(3)15(18)20-5/h6-8,12H,9H2,1-5H3. The number of methoxy groups -OCH3 is 2. The van der Waals surface area contributed by atoms with Crippen LogP contribution in [-0.2, 0) is 19.1 Å². The van der Waals surface area contributed by atoms with Crippen LogP contribution in [0.2, 0.25) is 0 Å². The average molecular weight is 279 g/mol. The van der Waals surface area contributed by atoms with Gasteiger partial charge in [0.25, 0.3) is 5.91 Å². The maximum atomic E-state index is 12.2. The Hall–Kier alpha value is -1.88. The summed E-state index contributed by atoms with van der Waals surface area (Å²) >= 11 is 0. The second-order valence-electron chi connectivity index (χ2n) is 4.74. The summed E-state index contributed by atoms with van der Waals surface area (Å²) in [5.41, 5.74) is 2.71. The van der Waals surface area contributed by atoms with E-state index in [4.69, 9.17) is 9.47 Å². The van der Waals surface area contributed by atoms with E-state index < -0.39 is 12.0 Å². The van der Waals surface area contributed by atoms with Gasteiger partial charge in [0, 0.05) is 12.8 Å². The van der Waals surface area contributed by atoms with Crippen molar-refractivity contribution < 1.29 is 19.1 Å². The third-order valence-corrected chi connectivity index (χ3v) is 2.95. The van der Waals surface area contributed by atoms with Crippen LogP contribution in [0.4, 0.5) is 5.69 Å². The number of hydrogen-bond donors (Lipinski definition) is 0. The van der Waals surface area contributed by atoms with Gasteiger partial charge in [0.05, 0.1) is 7.11 Å². The highest BCUT2D eigenvalue weighted by Crippen LogP contribution is 2.22. The van der Waals surface area contributed by atoms with Crippen molar-refractivity contribution in [2.75, 3.05) is 25.7 Å². The quantitative estimate of drug-likeness (QED) is 0.772. The summed E-state index contributed by atoms with van der Waals surface area (Å²) in [6, 6.07) is 5.02. The molecule has 0 fully saturated rings. The number of carbonyl (C=O) groups is 2. The Bertz CT molecular complexity index is 478. The highest BCUT2D eigenvalue weighted by Gasteiger charge is 2.28. The summed E-state index contributed by atoms with van der Waals surface area (Å²) in [7, 11) is 2.75. The van der Waals surface area contributed by atoms with Gasteiger partial charge in [-0.25, -0.2) is 4.79 Å². The van der Waals surface area contributed by atoms with Crippen LogP contribution in [0.5, 0.6) is 0 Å². The number of hydrogen-bond acceptors (Lipinski definition) is 4. The first kappa shape index (κ1) is 16.2. The summed E-state index contributed by atoms with van der Waals surface area (Å²) in [5, 5.41) is 0. The largest absolute Gasteiger partial charge is 0.467 e. The molecule has 1 rings (SSSR count). The maximum absolute atomic E-state index is 12.2. The molecular weight excluding hydrogens is 258 g/mol. The highest BCUT2D eigenvalue weighted by atomic mass is 16.5. The van der Waals surface area contributed by atoms with Gasteiger partial charge >= 0.3 is 5.97 Å². The molecule has 5 heteroatoms. The zero-order chi connectivity index (χ0) is 15.3. The predicted molar refractivity (Wildman–Crippen MR) is 76.8 cm³/mol. The molecule has 1 unspecified atom stereocenters. The third-order valence-electron chi connectivity index (χ3n) is 2.95. The van der Waals surface area contributed by atoms with Crippen molar-refractivity contribution in [1.82, 2.24) is 0 Å². The normalized spacial score (nSPS) is 11.8. The smallest absolute Gasteiger partial charge is 0.328 e. The van der Waals surface area contributed by atoms with Gasteiger partial charge in [0.1, 0.15) is 12.6 Å². The van der Waals surface area contributed by atoms with E-state index in [1.165, 1.54) is 19.1 Å². The molecule has 0 N–H and O–H groups in total. The van der Waals surface area contributed by atoms with Gasteiger partial charge in [-0.3, -0.25) is 9.69 Å². The lowest BCUT2D eigenvalue weighted by molar-refractivity contribution is -0.143. The first-order valence-electron chi connectivity index (χ1n) is 6.37. The topological polar surface area (TPSA) is 55.8 Å². The minimum absolute atomic E-state index is 0.0890. The molecule has 0 aliphatic heterocycles. The number of carbonyl (C=O) groups excluding carboxylic acids is 2. The maximum Gasteiger partial charge on any atom is 0.328 e. The summed E-state index contributed by atoms with van der Waals surface area (Å²) in [6.45, 7) is 5.43. The van der Waals surface area contributed by atoms with Crippen LogP contribution in [-0.4, -0.2) is 38.7 Å². The number of aryl methyl sites for hydroxylation is 2. The van der Waals surface area contributed by atoms with Gasteiger partial charge in [-0.05, 0) is 44.0 Å². The molecule has 1 atom stereocenters. The van der Waals surface area contributed by atoms with Crippen molar-refractivity contribution in [2.24, 2.45) is 0 Å². The van der Waals surface area contributed by atoms with Gasteiger partial charge in [0.2, 0.25) is 0 Å². The van der Waals surface area contributed by atoms with E-state index in [2.05, 4.69) is 0 Å². The Morgan fingerprint density at radius 3 is 2.15 bits per heavy atom. The zero-order valence-corrected chi connectivity index (χ0v) is 12.6. The molecule has 0 aromatic heterocycles. The van der Waals surface area contributed by atoms with Crippen LogP contribution >= 0.6 is 0 Å². The predicted octanol–water partition coefficient (Wildman–Crippen LogP) is 1.84. The monoisotopic (exact) mass is 279 g/mol. The molecule has 0 saturated carbocycles. The lowest BCUT2D eigenvalue weighted by atomic mass is 10.1. The van der Waals surface area contributed by atoms with Crippen molar-refractivity contribution in [2.45, 2.75) is 26.8 Å². The third kappa shape index (κ3) is 3.81. The number of rotatable bonds is 5. The van der Waals surface area contributed by atoms with E-state index in [0.717, 1.165) is 11.1 Å². The molecule has 0 bridgehead atoms. The molecular formula is C15H21NO4. The molecule has 0 radical (unpaired) electrons.